The normalized spacial score (nSPS) is 14.7. The molecule has 0 aromatic carbocycles. The summed E-state index contributed by atoms with van der Waals surface area (Å²) in [5, 5.41) is 10.5. The van der Waals surface area contributed by atoms with Gasteiger partial charge in [-0.15, -0.1) is 0 Å². The van der Waals surface area contributed by atoms with Crippen LogP contribution in [0.25, 0.3) is 0 Å². The number of phosphoric acid groups is 2. The van der Waals surface area contributed by atoms with Gasteiger partial charge in [-0.3, -0.25) is 37.3 Å². The highest BCUT2D eigenvalue weighted by Crippen LogP contribution is 2.45. The number of aliphatic hydroxyl groups is 1. The molecule has 6 atom stereocenters. The summed E-state index contributed by atoms with van der Waals surface area (Å²) in [6.45, 7) is 13.9. The maximum Gasteiger partial charge on any atom is 0.472 e. The van der Waals surface area contributed by atoms with Crippen LogP contribution in [0.2, 0.25) is 0 Å². The molecule has 0 aliphatic heterocycles. The summed E-state index contributed by atoms with van der Waals surface area (Å²) in [7, 11) is -9.89. The van der Waals surface area contributed by atoms with E-state index < -0.39 is 97.5 Å². The highest BCUT2D eigenvalue weighted by atomic mass is 31.2. The van der Waals surface area contributed by atoms with Crippen molar-refractivity contribution in [2.45, 2.75) is 331 Å². The number of carbonyl (C=O) groups is 4. The Labute approximate surface area is 511 Å². The van der Waals surface area contributed by atoms with Crippen LogP contribution in [-0.4, -0.2) is 96.7 Å². The Morgan fingerprint density at radius 2 is 0.571 bits per heavy atom. The number of hydrogen-bond acceptors (Lipinski definition) is 15. The first kappa shape index (κ1) is 82.1. The van der Waals surface area contributed by atoms with E-state index in [1.54, 1.807) is 0 Å². The van der Waals surface area contributed by atoms with Crippen LogP contribution in [0.5, 0.6) is 0 Å². The third-order valence-electron chi connectivity index (χ3n) is 15.2. The number of aliphatic hydroxyl groups excluding tert-OH is 1. The molecule has 0 fully saturated rings. The number of hydrogen-bond donors (Lipinski definition) is 3. The second kappa shape index (κ2) is 55.2. The molecule has 0 heterocycles. The van der Waals surface area contributed by atoms with Crippen LogP contribution >= 0.6 is 15.6 Å². The fourth-order valence-corrected chi connectivity index (χ4v) is 11.2. The Kier molecular flexibility index (Phi) is 53.9. The molecule has 0 bridgehead atoms. The lowest BCUT2D eigenvalue weighted by Gasteiger charge is -2.21. The van der Waals surface area contributed by atoms with Crippen molar-refractivity contribution >= 4 is 39.5 Å². The first-order chi connectivity index (χ1) is 40.1. The minimum atomic E-state index is -4.95. The van der Waals surface area contributed by atoms with Crippen molar-refractivity contribution < 1.29 is 80.2 Å². The summed E-state index contributed by atoms with van der Waals surface area (Å²) in [5.41, 5.74) is 0. The van der Waals surface area contributed by atoms with Crippen LogP contribution in [0.4, 0.5) is 0 Å². The number of ether oxygens (including phenoxy) is 4. The van der Waals surface area contributed by atoms with Crippen molar-refractivity contribution in [2.24, 2.45) is 23.7 Å². The maximum atomic E-state index is 13.0. The predicted molar refractivity (Wildman–Crippen MR) is 335 cm³/mol. The molecule has 0 aliphatic rings. The minimum Gasteiger partial charge on any atom is -0.462 e. The van der Waals surface area contributed by atoms with Crippen LogP contribution in [0.15, 0.2) is 0 Å². The fourth-order valence-electron chi connectivity index (χ4n) is 9.57. The molecule has 0 aromatic heterocycles. The maximum absolute atomic E-state index is 13.0. The zero-order valence-electron chi connectivity index (χ0n) is 54.5. The molecule has 84 heavy (non-hydrogen) atoms. The van der Waals surface area contributed by atoms with Crippen molar-refractivity contribution in [3.63, 3.8) is 0 Å². The van der Waals surface area contributed by atoms with Crippen molar-refractivity contribution in [1.82, 2.24) is 0 Å². The number of esters is 4. The molecular formula is C65H126O17P2. The largest absolute Gasteiger partial charge is 0.472 e. The standard InChI is InChI=1S/C65H126O17P2/c1-9-58(8)44-36-28-19-12-10-11-13-20-29-37-45-62(67)75-51-60(81-64(69)47-39-31-22-16-18-26-34-42-56(4)5)53-79-83(71,72)77-49-59(66)50-78-84(73,74)80-54-61(82-65(70)48-40-32-24-23-27-35-43-57(6)7)52-76-63(68)46-38-30-21-15-14-17-25-33-41-55(2)3/h55-61,66H,9-54H2,1-8H3,(H,71,72)(H,73,74)/t58?,59?,60-,61-/m1/s1. The molecule has 3 N–H and O–H groups in total. The van der Waals surface area contributed by atoms with Crippen LogP contribution in [0.3, 0.4) is 0 Å². The average Bonchev–Trinajstić information content (AvgIpc) is 3.53. The zero-order chi connectivity index (χ0) is 62.5. The van der Waals surface area contributed by atoms with Crippen molar-refractivity contribution in [2.75, 3.05) is 39.6 Å². The lowest BCUT2D eigenvalue weighted by Crippen LogP contribution is -2.30. The van der Waals surface area contributed by atoms with Crippen LogP contribution < -0.4 is 0 Å². The molecule has 498 valence electrons. The summed E-state index contributed by atoms with van der Waals surface area (Å²) in [4.78, 5) is 72.2. The summed E-state index contributed by atoms with van der Waals surface area (Å²) in [6, 6.07) is 0. The van der Waals surface area contributed by atoms with Gasteiger partial charge < -0.3 is 33.8 Å². The van der Waals surface area contributed by atoms with Crippen LogP contribution in [0.1, 0.15) is 312 Å². The van der Waals surface area contributed by atoms with Crippen molar-refractivity contribution in [3.05, 3.63) is 0 Å². The molecule has 4 unspecified atom stereocenters. The van der Waals surface area contributed by atoms with Crippen molar-refractivity contribution in [3.8, 4) is 0 Å². The second-order valence-electron chi connectivity index (χ2n) is 25.2. The molecule has 0 aromatic rings. The molecule has 0 amide bonds. The van der Waals surface area contributed by atoms with E-state index in [-0.39, 0.29) is 25.7 Å². The van der Waals surface area contributed by atoms with Gasteiger partial charge in [0.05, 0.1) is 26.4 Å². The molecular weight excluding hydrogens is 1110 g/mol. The topological polar surface area (TPSA) is 237 Å². The smallest absolute Gasteiger partial charge is 0.462 e. The quantitative estimate of drug-likeness (QED) is 0.0222. The van der Waals surface area contributed by atoms with Gasteiger partial charge in [-0.1, -0.05) is 261 Å². The lowest BCUT2D eigenvalue weighted by atomic mass is 9.99. The lowest BCUT2D eigenvalue weighted by molar-refractivity contribution is -0.161. The van der Waals surface area contributed by atoms with Gasteiger partial charge in [0.1, 0.15) is 19.3 Å². The molecule has 0 saturated heterocycles. The van der Waals surface area contributed by atoms with E-state index in [4.69, 9.17) is 37.0 Å². The second-order valence-corrected chi connectivity index (χ2v) is 28.1. The number of rotatable bonds is 62. The van der Waals surface area contributed by atoms with Crippen molar-refractivity contribution in [1.29, 1.82) is 0 Å². The number of phosphoric ester groups is 2. The summed E-state index contributed by atoms with van der Waals surface area (Å²) >= 11 is 0. The fraction of sp³-hybridized carbons (Fsp3) is 0.938. The van der Waals surface area contributed by atoms with Gasteiger partial charge in [-0.05, 0) is 49.4 Å². The first-order valence-electron chi connectivity index (χ1n) is 33.7. The highest BCUT2D eigenvalue weighted by Gasteiger charge is 2.30. The van der Waals surface area contributed by atoms with Gasteiger partial charge in [0, 0.05) is 25.7 Å². The van der Waals surface area contributed by atoms with E-state index in [0.717, 1.165) is 102 Å². The summed E-state index contributed by atoms with van der Waals surface area (Å²) < 4.78 is 68.0. The molecule has 0 aliphatic carbocycles. The van der Waals surface area contributed by atoms with E-state index in [9.17, 15) is 43.2 Å². The molecule has 17 nitrogen and oxygen atoms in total. The minimum absolute atomic E-state index is 0.101. The summed E-state index contributed by atoms with van der Waals surface area (Å²) in [6.07, 6.45) is 35.1. The van der Waals surface area contributed by atoms with Gasteiger partial charge in [0.25, 0.3) is 0 Å². The van der Waals surface area contributed by atoms with Gasteiger partial charge >= 0.3 is 39.5 Å². The van der Waals surface area contributed by atoms with E-state index in [0.29, 0.717) is 37.5 Å². The van der Waals surface area contributed by atoms with Crippen LogP contribution in [-0.2, 0) is 65.4 Å². The predicted octanol–water partition coefficient (Wildman–Crippen LogP) is 17.8. The van der Waals surface area contributed by atoms with Gasteiger partial charge in [-0.25, -0.2) is 9.13 Å². The Morgan fingerprint density at radius 3 is 0.845 bits per heavy atom. The Bertz CT molecular complexity index is 1680. The Balaban J connectivity index is 5.23. The zero-order valence-corrected chi connectivity index (χ0v) is 56.3. The monoisotopic (exact) mass is 1240 g/mol. The highest BCUT2D eigenvalue weighted by molar-refractivity contribution is 7.47. The number of unbranched alkanes of at least 4 members (excludes halogenated alkanes) is 27. The number of carbonyl (C=O) groups excluding carboxylic acids is 4. The summed E-state index contributed by atoms with van der Waals surface area (Å²) in [5.74, 6) is 0.758. The Hall–Kier alpha value is -1.94. The molecule has 19 heteroatoms. The van der Waals surface area contributed by atoms with E-state index in [1.165, 1.54) is 116 Å². The molecule has 0 rings (SSSR count). The molecule has 0 spiro atoms. The van der Waals surface area contributed by atoms with Gasteiger partial charge in [0.2, 0.25) is 0 Å². The van der Waals surface area contributed by atoms with Gasteiger partial charge in [0.15, 0.2) is 12.2 Å². The third kappa shape index (κ3) is 57.8. The third-order valence-corrected chi connectivity index (χ3v) is 17.1. The molecule has 0 saturated carbocycles. The van der Waals surface area contributed by atoms with E-state index in [1.807, 2.05) is 0 Å². The van der Waals surface area contributed by atoms with Gasteiger partial charge in [-0.2, -0.15) is 0 Å². The van der Waals surface area contributed by atoms with Crippen LogP contribution in [0, 0.1) is 23.7 Å². The molecule has 0 radical (unpaired) electrons. The first-order valence-corrected chi connectivity index (χ1v) is 36.7. The van der Waals surface area contributed by atoms with E-state index >= 15 is 0 Å². The SMILES string of the molecule is CCC(C)CCCCCCCCCCCCC(=O)OC[C@H](COP(=O)(O)OCC(O)COP(=O)(O)OC[C@@H](COC(=O)CCCCCCCCCCC(C)C)OC(=O)CCCCCCCCC(C)C)OC(=O)CCCCCCCCCC(C)C. The average molecular weight is 1240 g/mol. The Morgan fingerprint density at radius 1 is 0.333 bits per heavy atom. The van der Waals surface area contributed by atoms with E-state index in [2.05, 4.69) is 55.4 Å².